The zero-order chi connectivity index (χ0) is 29.1. The van der Waals surface area contributed by atoms with E-state index in [-0.39, 0.29) is 12.7 Å². The third-order valence-electron chi connectivity index (χ3n) is 7.39. The molecule has 4 rings (SSSR count). The van der Waals surface area contributed by atoms with E-state index >= 15 is 0 Å². The van der Waals surface area contributed by atoms with E-state index in [4.69, 9.17) is 4.74 Å². The summed E-state index contributed by atoms with van der Waals surface area (Å²) in [6.45, 7) is 6.79. The number of hydrogen-bond donors (Lipinski definition) is 1. The zero-order valence-electron chi connectivity index (χ0n) is 23.8. The first-order chi connectivity index (χ1) is 18.9. The third-order valence-corrected chi connectivity index (χ3v) is 7.39. The van der Waals surface area contributed by atoms with Gasteiger partial charge in [-0.1, -0.05) is 56.2 Å². The lowest BCUT2D eigenvalue weighted by Gasteiger charge is -2.40. The Morgan fingerprint density at radius 2 is 1.75 bits per heavy atom. The van der Waals surface area contributed by atoms with Crippen LogP contribution in [0, 0.1) is 0 Å². The maximum absolute atomic E-state index is 14.1. The molecule has 0 saturated carbocycles. The Morgan fingerprint density at radius 1 is 1.02 bits per heavy atom. The highest BCUT2D eigenvalue weighted by molar-refractivity contribution is 5.99. The summed E-state index contributed by atoms with van der Waals surface area (Å²) in [6.07, 6.45) is -0.821. The van der Waals surface area contributed by atoms with Gasteiger partial charge in [-0.05, 0) is 69.2 Å². The topological polar surface area (TPSA) is 61.9 Å². The van der Waals surface area contributed by atoms with Gasteiger partial charge in [-0.15, -0.1) is 0 Å². The molecule has 2 amide bonds. The highest BCUT2D eigenvalue weighted by Crippen LogP contribution is 2.50. The summed E-state index contributed by atoms with van der Waals surface area (Å²) >= 11 is 0. The van der Waals surface area contributed by atoms with Crippen LogP contribution in [-0.2, 0) is 9.53 Å². The minimum absolute atomic E-state index is 0.0505. The van der Waals surface area contributed by atoms with Crippen LogP contribution in [0.3, 0.4) is 0 Å². The zero-order valence-corrected chi connectivity index (χ0v) is 23.8. The Morgan fingerprint density at radius 3 is 2.45 bits per heavy atom. The van der Waals surface area contributed by atoms with Crippen molar-refractivity contribution in [3.8, 4) is 11.1 Å². The van der Waals surface area contributed by atoms with Gasteiger partial charge in [0.05, 0.1) is 5.92 Å². The molecule has 1 saturated heterocycles. The number of alkyl halides is 3. The number of ether oxygens (including phenoxy) is 1. The van der Waals surface area contributed by atoms with Crippen LogP contribution in [0.2, 0.25) is 0 Å². The molecule has 2 unspecified atom stereocenters. The van der Waals surface area contributed by atoms with Gasteiger partial charge in [-0.25, -0.2) is 4.79 Å². The molecule has 2 aromatic carbocycles. The first-order valence-corrected chi connectivity index (χ1v) is 14.2. The van der Waals surface area contributed by atoms with Gasteiger partial charge in [0.25, 0.3) is 0 Å². The summed E-state index contributed by atoms with van der Waals surface area (Å²) in [7, 11) is 0. The van der Waals surface area contributed by atoms with Gasteiger partial charge >= 0.3 is 12.3 Å². The number of carbonyl (C=O) groups is 2. The minimum atomic E-state index is -4.50. The second-order valence-electron chi connectivity index (χ2n) is 11.7. The van der Waals surface area contributed by atoms with Crippen molar-refractivity contribution >= 4 is 17.7 Å². The normalized spacial score (nSPS) is 18.6. The number of nitrogens with zero attached hydrogens (tertiary/aromatic N) is 2. The van der Waals surface area contributed by atoms with Gasteiger partial charge < -0.3 is 19.9 Å². The average molecular weight is 560 g/mol. The van der Waals surface area contributed by atoms with Crippen LogP contribution < -0.4 is 10.2 Å². The number of carbonyl (C=O) groups excluding carboxylic acids is 2. The molecule has 0 radical (unpaired) electrons. The third kappa shape index (κ3) is 6.91. The first-order valence-electron chi connectivity index (χ1n) is 14.2. The van der Waals surface area contributed by atoms with Crippen LogP contribution in [0.1, 0.15) is 83.3 Å². The maximum Gasteiger partial charge on any atom is 0.409 e. The lowest BCUT2D eigenvalue weighted by molar-refractivity contribution is -0.161. The summed E-state index contributed by atoms with van der Waals surface area (Å²) in [4.78, 5) is 29.9. The quantitative estimate of drug-likeness (QED) is 0.347. The predicted molar refractivity (Wildman–Crippen MR) is 150 cm³/mol. The van der Waals surface area contributed by atoms with Crippen molar-refractivity contribution in [2.45, 2.75) is 90.1 Å². The molecule has 40 heavy (non-hydrogen) atoms. The van der Waals surface area contributed by atoms with Crippen LogP contribution in [0.15, 0.2) is 42.5 Å². The maximum atomic E-state index is 14.1. The highest BCUT2D eigenvalue weighted by Gasteiger charge is 2.42. The molecule has 2 aromatic rings. The van der Waals surface area contributed by atoms with E-state index in [2.05, 4.69) is 10.2 Å². The Hall–Kier alpha value is -3.23. The summed E-state index contributed by atoms with van der Waals surface area (Å²) < 4.78 is 46.5. The molecule has 0 aromatic heterocycles. The number of halogens is 3. The van der Waals surface area contributed by atoms with E-state index in [1.807, 2.05) is 49.4 Å². The number of hydrogen-bond acceptors (Lipinski definition) is 4. The van der Waals surface area contributed by atoms with Crippen LogP contribution in [0.25, 0.3) is 11.1 Å². The standard InChI is InChI=1S/C31H40F3N3O3/c1-5-6-10-18-36(20-31(32,33)34)28(38)27-23-14-8-7-13-21(23)22-15-12-16-24(26(22)27)37-19-11-9-17-25(37)35-29(39)40-30(2,3)4/h7-8,12-16,25,27H,5-6,9-11,17-20H2,1-4H3,(H,35,39). The molecule has 2 aliphatic rings. The number of benzene rings is 2. The molecule has 0 spiro atoms. The number of rotatable bonds is 8. The van der Waals surface area contributed by atoms with Gasteiger partial charge in [-0.3, -0.25) is 4.79 Å². The van der Waals surface area contributed by atoms with E-state index in [9.17, 15) is 22.8 Å². The summed E-state index contributed by atoms with van der Waals surface area (Å²) in [5.74, 6) is -1.41. The Bertz CT molecular complexity index is 1210. The fourth-order valence-electron chi connectivity index (χ4n) is 5.78. The number of unbranched alkanes of at least 4 members (excludes halogenated alkanes) is 2. The fraction of sp³-hybridized carbons (Fsp3) is 0.548. The number of alkyl carbamates (subject to hydrolysis) is 1. The molecule has 0 bridgehead atoms. The average Bonchev–Trinajstić information content (AvgIpc) is 3.21. The Labute approximate surface area is 234 Å². The van der Waals surface area contributed by atoms with Crippen LogP contribution >= 0.6 is 0 Å². The Kier molecular flexibility index (Phi) is 9.00. The number of fused-ring (bicyclic) bond motifs is 3. The molecule has 1 aliphatic heterocycles. The molecule has 1 N–H and O–H groups in total. The van der Waals surface area contributed by atoms with Crippen LogP contribution in [0.4, 0.5) is 23.7 Å². The van der Waals surface area contributed by atoms with Crippen molar-refractivity contribution in [1.82, 2.24) is 10.2 Å². The van der Waals surface area contributed by atoms with Crippen molar-refractivity contribution in [3.05, 3.63) is 53.6 Å². The second-order valence-corrected chi connectivity index (χ2v) is 11.7. The predicted octanol–water partition coefficient (Wildman–Crippen LogP) is 7.22. The summed E-state index contributed by atoms with van der Waals surface area (Å²) in [5, 5.41) is 2.99. The molecule has 2 atom stereocenters. The lowest BCUT2D eigenvalue weighted by atomic mass is 9.92. The van der Waals surface area contributed by atoms with E-state index < -0.39 is 36.2 Å². The summed E-state index contributed by atoms with van der Waals surface area (Å²) in [5.41, 5.74) is 3.21. The molecular weight excluding hydrogens is 519 g/mol. The van der Waals surface area contributed by atoms with E-state index in [0.29, 0.717) is 30.5 Å². The van der Waals surface area contributed by atoms with Gasteiger partial charge in [0, 0.05) is 24.3 Å². The van der Waals surface area contributed by atoms with Crippen molar-refractivity contribution in [2.75, 3.05) is 24.5 Å². The van der Waals surface area contributed by atoms with Gasteiger partial charge in [0.2, 0.25) is 5.91 Å². The van der Waals surface area contributed by atoms with E-state index in [0.717, 1.165) is 47.4 Å². The monoisotopic (exact) mass is 559 g/mol. The summed E-state index contributed by atoms with van der Waals surface area (Å²) in [6, 6.07) is 13.2. The number of amides is 2. The molecular formula is C31H40F3N3O3. The highest BCUT2D eigenvalue weighted by atomic mass is 19.4. The largest absolute Gasteiger partial charge is 0.444 e. The van der Waals surface area contributed by atoms with Crippen molar-refractivity contribution in [2.24, 2.45) is 0 Å². The van der Waals surface area contributed by atoms with Gasteiger partial charge in [-0.2, -0.15) is 13.2 Å². The molecule has 1 heterocycles. The van der Waals surface area contributed by atoms with E-state index in [1.165, 1.54) is 0 Å². The van der Waals surface area contributed by atoms with E-state index in [1.54, 1.807) is 20.8 Å². The Balaban J connectivity index is 1.75. The molecule has 1 fully saturated rings. The van der Waals surface area contributed by atoms with Gasteiger partial charge in [0.15, 0.2) is 0 Å². The SMILES string of the molecule is CCCCCN(CC(F)(F)F)C(=O)C1c2ccccc2-c2cccc(N3CCCCC3NC(=O)OC(C)(C)C)c21. The molecule has 6 nitrogen and oxygen atoms in total. The van der Waals surface area contributed by atoms with Crippen LogP contribution in [-0.4, -0.2) is 54.5 Å². The smallest absolute Gasteiger partial charge is 0.409 e. The molecule has 218 valence electrons. The van der Waals surface area contributed by atoms with Gasteiger partial charge in [0.1, 0.15) is 18.3 Å². The van der Waals surface area contributed by atoms with Crippen molar-refractivity contribution in [3.63, 3.8) is 0 Å². The first kappa shape index (κ1) is 29.7. The minimum Gasteiger partial charge on any atom is -0.444 e. The second kappa shape index (κ2) is 12.1. The number of anilines is 1. The number of piperidine rings is 1. The lowest BCUT2D eigenvalue weighted by Crippen LogP contribution is -2.52. The number of nitrogens with one attached hydrogen (secondary N) is 1. The molecule has 1 aliphatic carbocycles. The van der Waals surface area contributed by atoms with Crippen LogP contribution in [0.5, 0.6) is 0 Å². The molecule has 9 heteroatoms. The van der Waals surface area contributed by atoms with Crippen molar-refractivity contribution in [1.29, 1.82) is 0 Å². The van der Waals surface area contributed by atoms with Crippen molar-refractivity contribution < 1.29 is 27.5 Å². The fourth-order valence-corrected chi connectivity index (χ4v) is 5.78.